The third-order valence-electron chi connectivity index (χ3n) is 5.05. The summed E-state index contributed by atoms with van der Waals surface area (Å²) < 4.78 is 3.61. The molecule has 0 saturated carbocycles. The van der Waals surface area contributed by atoms with Crippen LogP contribution in [0.5, 0.6) is 0 Å². The van der Waals surface area contributed by atoms with E-state index in [0.29, 0.717) is 6.42 Å². The summed E-state index contributed by atoms with van der Waals surface area (Å²) in [7, 11) is 1.94. The molecule has 3 nitrogen and oxygen atoms in total. The minimum Gasteiger partial charge on any atom is -0.246 e. The summed E-state index contributed by atoms with van der Waals surface area (Å²) in [5.41, 5.74) is 0. The van der Waals surface area contributed by atoms with Gasteiger partial charge in [0, 0.05) is 0 Å². The van der Waals surface area contributed by atoms with Gasteiger partial charge in [-0.3, -0.25) is 0 Å². The summed E-state index contributed by atoms with van der Waals surface area (Å²) in [5.74, 6) is 0.218. The minimum atomic E-state index is 0.218. The standard InChI is InChI=1S/C22H41N2O/c1-3-4-5-6-7-8-9-10-11-12-13-14-15-16-17-18-22(25)24-20-19-23(2)21-24/h19-21H,3-18H2,1-2H3/q+1. The van der Waals surface area contributed by atoms with Gasteiger partial charge in [-0.05, 0) is 6.42 Å². The Bertz CT molecular complexity index is 439. The Kier molecular flexibility index (Phi) is 13.3. The summed E-state index contributed by atoms with van der Waals surface area (Å²) in [6.07, 6.45) is 26.7. The van der Waals surface area contributed by atoms with Gasteiger partial charge >= 0.3 is 5.91 Å². The molecule has 1 rings (SSSR count). The van der Waals surface area contributed by atoms with Gasteiger partial charge in [0.05, 0.1) is 13.5 Å². The molecule has 0 fully saturated rings. The Morgan fingerprint density at radius 3 is 1.60 bits per heavy atom. The van der Waals surface area contributed by atoms with Gasteiger partial charge in [-0.1, -0.05) is 96.8 Å². The summed E-state index contributed by atoms with van der Waals surface area (Å²) in [5, 5.41) is 0. The Balaban J connectivity index is 1.78. The zero-order chi connectivity index (χ0) is 18.2. The van der Waals surface area contributed by atoms with Crippen LogP contribution in [0, 0.1) is 0 Å². The van der Waals surface area contributed by atoms with Crippen molar-refractivity contribution in [2.45, 2.75) is 110 Å². The Hall–Kier alpha value is -1.12. The number of carbonyl (C=O) groups excluding carboxylic acids is 1. The van der Waals surface area contributed by atoms with Crippen LogP contribution in [0.15, 0.2) is 18.7 Å². The number of rotatable bonds is 16. The van der Waals surface area contributed by atoms with E-state index < -0.39 is 0 Å². The number of unbranched alkanes of at least 4 members (excludes halogenated alkanes) is 14. The molecular formula is C22H41N2O+. The van der Waals surface area contributed by atoms with Crippen LogP contribution in [-0.2, 0) is 7.05 Å². The molecule has 0 aromatic carbocycles. The molecule has 0 aliphatic carbocycles. The molecular weight excluding hydrogens is 308 g/mol. The van der Waals surface area contributed by atoms with Crippen molar-refractivity contribution >= 4 is 5.91 Å². The molecule has 3 heteroatoms. The molecule has 0 aliphatic rings. The van der Waals surface area contributed by atoms with Gasteiger partial charge in [-0.2, -0.15) is 4.57 Å². The SMILES string of the molecule is CCCCCCCCCCCCCCCCCC(=O)n1cc[n+](C)c1. The van der Waals surface area contributed by atoms with Crippen LogP contribution in [0.4, 0.5) is 0 Å². The van der Waals surface area contributed by atoms with Crippen LogP contribution < -0.4 is 4.57 Å². The largest absolute Gasteiger partial charge is 0.313 e. The van der Waals surface area contributed by atoms with Gasteiger partial charge in [0.2, 0.25) is 0 Å². The van der Waals surface area contributed by atoms with Crippen molar-refractivity contribution in [3.8, 4) is 0 Å². The van der Waals surface area contributed by atoms with Gasteiger partial charge in [0.1, 0.15) is 12.4 Å². The van der Waals surface area contributed by atoms with E-state index in [1.807, 2.05) is 30.3 Å². The highest BCUT2D eigenvalue weighted by Crippen LogP contribution is 2.13. The molecule has 1 aromatic rings. The van der Waals surface area contributed by atoms with E-state index in [-0.39, 0.29) is 5.91 Å². The first kappa shape index (κ1) is 21.9. The predicted molar refractivity (Wildman–Crippen MR) is 106 cm³/mol. The number of aryl methyl sites for hydroxylation is 1. The molecule has 0 atom stereocenters. The van der Waals surface area contributed by atoms with Crippen LogP contribution in [0.2, 0.25) is 0 Å². The molecule has 1 aromatic heterocycles. The summed E-state index contributed by atoms with van der Waals surface area (Å²) >= 11 is 0. The lowest BCUT2D eigenvalue weighted by atomic mass is 10.0. The quantitative estimate of drug-likeness (QED) is 0.257. The molecule has 0 bridgehead atoms. The molecule has 0 radical (unpaired) electrons. The Labute approximate surface area is 155 Å². The van der Waals surface area contributed by atoms with E-state index >= 15 is 0 Å². The van der Waals surface area contributed by atoms with Crippen molar-refractivity contribution in [3.05, 3.63) is 18.7 Å². The van der Waals surface area contributed by atoms with Gasteiger partial charge in [-0.25, -0.2) is 9.36 Å². The normalized spacial score (nSPS) is 11.1. The highest BCUT2D eigenvalue weighted by atomic mass is 16.2. The molecule has 0 N–H and O–H groups in total. The van der Waals surface area contributed by atoms with Crippen LogP contribution in [-0.4, -0.2) is 10.5 Å². The molecule has 0 spiro atoms. The fourth-order valence-corrected chi connectivity index (χ4v) is 3.37. The van der Waals surface area contributed by atoms with Gasteiger partial charge in [0.15, 0.2) is 0 Å². The van der Waals surface area contributed by atoms with Crippen molar-refractivity contribution in [2.75, 3.05) is 0 Å². The molecule has 25 heavy (non-hydrogen) atoms. The predicted octanol–water partition coefficient (Wildman–Crippen LogP) is 6.21. The van der Waals surface area contributed by atoms with Crippen molar-refractivity contribution in [1.82, 2.24) is 4.57 Å². The maximum absolute atomic E-state index is 11.9. The Morgan fingerprint density at radius 1 is 0.760 bits per heavy atom. The smallest absolute Gasteiger partial charge is 0.246 e. The number of imidazole rings is 1. The first-order valence-corrected chi connectivity index (χ1v) is 10.8. The number of carbonyl (C=O) groups is 1. The van der Waals surface area contributed by atoms with E-state index in [1.165, 1.54) is 89.9 Å². The summed E-state index contributed by atoms with van der Waals surface area (Å²) in [6, 6.07) is 0. The van der Waals surface area contributed by atoms with Gasteiger partial charge in [0.25, 0.3) is 6.33 Å². The molecule has 0 aliphatic heterocycles. The third kappa shape index (κ3) is 12.0. The lowest BCUT2D eigenvalue weighted by Crippen LogP contribution is -2.24. The lowest BCUT2D eigenvalue weighted by Gasteiger charge is -2.03. The van der Waals surface area contributed by atoms with Crippen LogP contribution in [0.25, 0.3) is 0 Å². The zero-order valence-electron chi connectivity index (χ0n) is 16.8. The second-order valence-electron chi connectivity index (χ2n) is 7.58. The third-order valence-corrected chi connectivity index (χ3v) is 5.05. The number of hydrogen-bond donors (Lipinski definition) is 0. The summed E-state index contributed by atoms with van der Waals surface area (Å²) in [4.78, 5) is 11.9. The van der Waals surface area contributed by atoms with Crippen molar-refractivity contribution in [2.24, 2.45) is 7.05 Å². The van der Waals surface area contributed by atoms with E-state index in [9.17, 15) is 4.79 Å². The highest BCUT2D eigenvalue weighted by molar-refractivity contribution is 5.78. The molecule has 144 valence electrons. The highest BCUT2D eigenvalue weighted by Gasteiger charge is 2.10. The lowest BCUT2D eigenvalue weighted by molar-refractivity contribution is -0.670. The minimum absolute atomic E-state index is 0.218. The van der Waals surface area contributed by atoms with E-state index in [4.69, 9.17) is 0 Å². The van der Waals surface area contributed by atoms with Crippen molar-refractivity contribution in [1.29, 1.82) is 0 Å². The maximum Gasteiger partial charge on any atom is 0.313 e. The molecule has 0 saturated heterocycles. The van der Waals surface area contributed by atoms with E-state index in [1.54, 1.807) is 4.57 Å². The van der Waals surface area contributed by atoms with Crippen LogP contribution >= 0.6 is 0 Å². The average Bonchev–Trinajstić information content (AvgIpc) is 3.04. The zero-order valence-corrected chi connectivity index (χ0v) is 16.8. The number of aromatic nitrogens is 2. The average molecular weight is 350 g/mol. The summed E-state index contributed by atoms with van der Waals surface area (Å²) in [6.45, 7) is 2.28. The molecule has 0 amide bonds. The van der Waals surface area contributed by atoms with Gasteiger partial charge < -0.3 is 0 Å². The van der Waals surface area contributed by atoms with Crippen LogP contribution in [0.3, 0.4) is 0 Å². The molecule has 0 unspecified atom stereocenters. The first-order valence-electron chi connectivity index (χ1n) is 10.8. The second kappa shape index (κ2) is 15.2. The van der Waals surface area contributed by atoms with E-state index in [2.05, 4.69) is 6.92 Å². The van der Waals surface area contributed by atoms with Crippen LogP contribution in [0.1, 0.15) is 114 Å². The van der Waals surface area contributed by atoms with Gasteiger partial charge in [-0.15, -0.1) is 0 Å². The fourth-order valence-electron chi connectivity index (χ4n) is 3.37. The van der Waals surface area contributed by atoms with E-state index in [0.717, 1.165) is 6.42 Å². The topological polar surface area (TPSA) is 25.9 Å². The van der Waals surface area contributed by atoms with Crippen molar-refractivity contribution in [3.63, 3.8) is 0 Å². The molecule has 1 heterocycles. The monoisotopic (exact) mass is 349 g/mol. The Morgan fingerprint density at radius 2 is 1.20 bits per heavy atom. The maximum atomic E-state index is 11.9. The second-order valence-corrected chi connectivity index (χ2v) is 7.58. The fraction of sp³-hybridized carbons (Fsp3) is 0.818. The van der Waals surface area contributed by atoms with Crippen molar-refractivity contribution < 1.29 is 9.36 Å². The number of hydrogen-bond acceptors (Lipinski definition) is 1. The first-order chi connectivity index (χ1) is 12.2. The number of nitrogens with zero attached hydrogens (tertiary/aromatic N) is 2.